The van der Waals surface area contributed by atoms with E-state index >= 15 is 0 Å². The summed E-state index contributed by atoms with van der Waals surface area (Å²) in [5.41, 5.74) is 1.02. The van der Waals surface area contributed by atoms with Crippen molar-refractivity contribution in [2.75, 3.05) is 0 Å². The zero-order valence-electron chi connectivity index (χ0n) is 20.2. The molecule has 0 N–H and O–H groups in total. The number of carbonyl (C=O) groups excluding carboxylic acids is 1. The van der Waals surface area contributed by atoms with Gasteiger partial charge in [-0.3, -0.25) is 0 Å². The minimum atomic E-state index is -1.98. The van der Waals surface area contributed by atoms with Crippen LogP contribution in [0.15, 0.2) is 12.2 Å². The number of carbonyl (C=O) groups is 1. The maximum absolute atomic E-state index is 11.0. The molecule has 0 heterocycles. The Morgan fingerprint density at radius 3 is 1.70 bits per heavy atom. The SMILES string of the molecule is C=C(C)C(O[Si](C)(C)C(C)(C)C)[C@H](C[C@H](C)CC=O)O[Si](C)(C)C(C)(C)C. The molecule has 160 valence electrons. The van der Waals surface area contributed by atoms with Crippen LogP contribution in [0.2, 0.25) is 36.3 Å². The minimum Gasteiger partial charge on any atom is -0.411 e. The molecule has 0 saturated heterocycles. The lowest BCUT2D eigenvalue weighted by molar-refractivity contribution is -0.108. The number of aldehydes is 1. The molecule has 0 aromatic rings. The number of rotatable bonds is 10. The standard InChI is InChI=1S/C22H46O3Si2/c1-17(2)20(25-27(12,13)22(7,8)9)19(16-18(3)14-15-23)24-26(10,11)21(4,5)6/h15,18-20H,1,14,16H2,2-13H3/t18-,19+,20?/m1/s1. The predicted molar refractivity (Wildman–Crippen MR) is 123 cm³/mol. The Balaban J connectivity index is 5.88. The molecule has 3 nitrogen and oxygen atoms in total. The van der Waals surface area contributed by atoms with Crippen molar-refractivity contribution in [3.05, 3.63) is 12.2 Å². The Bertz CT molecular complexity index is 499. The topological polar surface area (TPSA) is 35.5 Å². The van der Waals surface area contributed by atoms with Crippen LogP contribution in [-0.4, -0.2) is 35.1 Å². The van der Waals surface area contributed by atoms with Gasteiger partial charge in [0.1, 0.15) is 6.29 Å². The van der Waals surface area contributed by atoms with Crippen LogP contribution in [0.5, 0.6) is 0 Å². The van der Waals surface area contributed by atoms with E-state index in [0.29, 0.717) is 6.42 Å². The van der Waals surface area contributed by atoms with Crippen molar-refractivity contribution < 1.29 is 13.6 Å². The normalized spacial score (nSPS) is 17.3. The Morgan fingerprint density at radius 1 is 0.963 bits per heavy atom. The van der Waals surface area contributed by atoms with Crippen LogP contribution >= 0.6 is 0 Å². The van der Waals surface area contributed by atoms with E-state index in [4.69, 9.17) is 8.85 Å². The molecule has 0 aliphatic carbocycles. The third kappa shape index (κ3) is 7.96. The molecule has 27 heavy (non-hydrogen) atoms. The maximum Gasteiger partial charge on any atom is 0.193 e. The summed E-state index contributed by atoms with van der Waals surface area (Å²) in [6, 6.07) is 0. The summed E-state index contributed by atoms with van der Waals surface area (Å²) in [5.74, 6) is 0.266. The zero-order valence-corrected chi connectivity index (χ0v) is 22.2. The molecule has 0 aromatic carbocycles. The number of hydrogen-bond donors (Lipinski definition) is 0. The van der Waals surface area contributed by atoms with Crippen LogP contribution in [0.3, 0.4) is 0 Å². The fourth-order valence-electron chi connectivity index (χ4n) is 2.43. The predicted octanol–water partition coefficient (Wildman–Crippen LogP) is 6.96. The van der Waals surface area contributed by atoms with Crippen molar-refractivity contribution >= 4 is 22.9 Å². The van der Waals surface area contributed by atoms with E-state index in [2.05, 4.69) is 81.2 Å². The van der Waals surface area contributed by atoms with Crippen molar-refractivity contribution in [1.29, 1.82) is 0 Å². The van der Waals surface area contributed by atoms with E-state index in [0.717, 1.165) is 18.3 Å². The first-order valence-corrected chi connectivity index (χ1v) is 16.1. The molecule has 3 atom stereocenters. The van der Waals surface area contributed by atoms with Gasteiger partial charge in [0.2, 0.25) is 0 Å². The van der Waals surface area contributed by atoms with Gasteiger partial charge in [-0.2, -0.15) is 0 Å². The Hall–Kier alpha value is -0.236. The summed E-state index contributed by atoms with van der Waals surface area (Å²) in [6.07, 6.45) is 2.19. The summed E-state index contributed by atoms with van der Waals surface area (Å²) in [4.78, 5) is 11.0. The molecule has 0 amide bonds. The van der Waals surface area contributed by atoms with Crippen molar-refractivity contribution in [3.8, 4) is 0 Å². The van der Waals surface area contributed by atoms with Crippen LogP contribution in [0.25, 0.3) is 0 Å². The molecule has 1 unspecified atom stereocenters. The first-order valence-electron chi connectivity index (χ1n) is 10.3. The highest BCUT2D eigenvalue weighted by molar-refractivity contribution is 6.74. The van der Waals surface area contributed by atoms with Gasteiger partial charge in [-0.25, -0.2) is 0 Å². The second-order valence-electron chi connectivity index (χ2n) is 11.3. The average Bonchev–Trinajstić information content (AvgIpc) is 2.41. The lowest BCUT2D eigenvalue weighted by Gasteiger charge is -2.46. The largest absolute Gasteiger partial charge is 0.411 e. The number of hydrogen-bond acceptors (Lipinski definition) is 3. The molecule has 0 aromatic heterocycles. The van der Waals surface area contributed by atoms with Crippen LogP contribution in [0.1, 0.15) is 68.2 Å². The Labute approximate surface area is 171 Å². The van der Waals surface area contributed by atoms with Gasteiger partial charge in [-0.05, 0) is 55.5 Å². The van der Waals surface area contributed by atoms with Gasteiger partial charge >= 0.3 is 0 Å². The van der Waals surface area contributed by atoms with Gasteiger partial charge in [0, 0.05) is 6.42 Å². The van der Waals surface area contributed by atoms with E-state index in [-0.39, 0.29) is 28.2 Å². The van der Waals surface area contributed by atoms with Gasteiger partial charge in [0.05, 0.1) is 12.2 Å². The molecule has 0 aliphatic rings. The van der Waals surface area contributed by atoms with E-state index in [1.165, 1.54) is 0 Å². The van der Waals surface area contributed by atoms with Gasteiger partial charge in [-0.1, -0.05) is 60.6 Å². The third-order valence-corrected chi connectivity index (χ3v) is 15.4. The van der Waals surface area contributed by atoms with Crippen LogP contribution in [-0.2, 0) is 13.6 Å². The quantitative estimate of drug-likeness (QED) is 0.220. The van der Waals surface area contributed by atoms with Crippen molar-refractivity contribution in [2.24, 2.45) is 5.92 Å². The summed E-state index contributed by atoms with van der Waals surface area (Å²) in [7, 11) is -3.96. The molecule has 0 saturated carbocycles. The van der Waals surface area contributed by atoms with Gasteiger partial charge in [-0.15, -0.1) is 0 Å². The molecule has 0 bridgehead atoms. The zero-order chi connectivity index (χ0) is 21.8. The second-order valence-corrected chi connectivity index (χ2v) is 20.8. The van der Waals surface area contributed by atoms with E-state index < -0.39 is 16.6 Å². The Kier molecular flexibility index (Phi) is 9.42. The molecular weight excluding hydrogens is 368 g/mol. The molecule has 5 heteroatoms. The fraction of sp³-hybridized carbons (Fsp3) is 0.864. The monoisotopic (exact) mass is 414 g/mol. The Morgan fingerprint density at radius 2 is 1.37 bits per heavy atom. The van der Waals surface area contributed by atoms with E-state index in [1.807, 2.05) is 6.92 Å². The first kappa shape index (κ1) is 26.8. The van der Waals surface area contributed by atoms with Crippen LogP contribution in [0, 0.1) is 5.92 Å². The van der Waals surface area contributed by atoms with Gasteiger partial charge in [0.25, 0.3) is 0 Å². The van der Waals surface area contributed by atoms with Gasteiger partial charge in [0.15, 0.2) is 16.6 Å². The summed E-state index contributed by atoms with van der Waals surface area (Å²) in [6.45, 7) is 31.1. The fourth-order valence-corrected chi connectivity index (χ4v) is 5.11. The van der Waals surface area contributed by atoms with E-state index in [1.54, 1.807) is 0 Å². The summed E-state index contributed by atoms with van der Waals surface area (Å²) >= 11 is 0. The average molecular weight is 415 g/mol. The maximum atomic E-state index is 11.0. The highest BCUT2D eigenvalue weighted by Crippen LogP contribution is 2.42. The van der Waals surface area contributed by atoms with E-state index in [9.17, 15) is 4.79 Å². The molecule has 0 rings (SSSR count). The molecule has 0 radical (unpaired) electrons. The van der Waals surface area contributed by atoms with Crippen molar-refractivity contribution in [1.82, 2.24) is 0 Å². The second kappa shape index (κ2) is 9.51. The van der Waals surface area contributed by atoms with Gasteiger partial charge < -0.3 is 13.6 Å². The molecular formula is C22H46O3Si2. The molecule has 0 spiro atoms. The third-order valence-electron chi connectivity index (χ3n) is 6.44. The summed E-state index contributed by atoms with van der Waals surface area (Å²) < 4.78 is 13.7. The highest BCUT2D eigenvalue weighted by Gasteiger charge is 2.45. The van der Waals surface area contributed by atoms with Crippen LogP contribution < -0.4 is 0 Å². The summed E-state index contributed by atoms with van der Waals surface area (Å²) in [5, 5.41) is 0.242. The molecule has 0 aliphatic heterocycles. The van der Waals surface area contributed by atoms with Crippen molar-refractivity contribution in [3.63, 3.8) is 0 Å². The smallest absolute Gasteiger partial charge is 0.193 e. The minimum absolute atomic E-state index is 0.0625. The lowest BCUT2D eigenvalue weighted by Crippen LogP contribution is -2.52. The van der Waals surface area contributed by atoms with Crippen molar-refractivity contribution in [2.45, 2.75) is 117 Å². The first-order chi connectivity index (χ1) is 11.9. The molecule has 0 fully saturated rings. The highest BCUT2D eigenvalue weighted by atomic mass is 28.4. The van der Waals surface area contributed by atoms with Crippen LogP contribution in [0.4, 0.5) is 0 Å². The lowest BCUT2D eigenvalue weighted by atomic mass is 9.95.